The Morgan fingerprint density at radius 2 is 1.56 bits per heavy atom. The lowest BCUT2D eigenvalue weighted by molar-refractivity contribution is -0.147. The minimum Gasteiger partial charge on any atom is -0.459 e. The van der Waals surface area contributed by atoms with Gasteiger partial charge in [-0.3, -0.25) is 9.59 Å². The molecule has 0 bridgehead atoms. The predicted octanol–water partition coefficient (Wildman–Crippen LogP) is 2.64. The standard InChI is InChI=1S/C21H24N2O4/c1-4-18(21(26)27-14-15-8-6-5-7-9-15)22-19(24)16-10-12-17(13-11-16)20(25)23(2)3/h5-13,18H,4,14H2,1-3H3,(H,22,24). The van der Waals surface area contributed by atoms with Crippen molar-refractivity contribution in [3.8, 4) is 0 Å². The molecule has 1 atom stereocenters. The smallest absolute Gasteiger partial charge is 0.328 e. The number of carbonyl (C=O) groups excluding carboxylic acids is 3. The molecule has 1 N–H and O–H groups in total. The van der Waals surface area contributed by atoms with Crippen molar-refractivity contribution in [1.82, 2.24) is 10.2 Å². The minimum atomic E-state index is -0.732. The first-order valence-corrected chi connectivity index (χ1v) is 8.75. The molecule has 2 amide bonds. The van der Waals surface area contributed by atoms with E-state index in [-0.39, 0.29) is 18.4 Å². The summed E-state index contributed by atoms with van der Waals surface area (Å²) in [5.41, 5.74) is 1.75. The normalized spacial score (nSPS) is 11.4. The van der Waals surface area contributed by atoms with Crippen molar-refractivity contribution in [2.45, 2.75) is 26.0 Å². The molecule has 0 spiro atoms. The SMILES string of the molecule is CCC(NC(=O)c1ccc(C(=O)N(C)C)cc1)C(=O)OCc1ccccc1. The van der Waals surface area contributed by atoms with Gasteiger partial charge >= 0.3 is 5.97 Å². The number of hydrogen-bond acceptors (Lipinski definition) is 4. The first-order valence-electron chi connectivity index (χ1n) is 8.75. The minimum absolute atomic E-state index is 0.141. The Hall–Kier alpha value is -3.15. The highest BCUT2D eigenvalue weighted by Gasteiger charge is 2.21. The summed E-state index contributed by atoms with van der Waals surface area (Å²) in [6, 6.07) is 14.9. The molecule has 2 aromatic rings. The fourth-order valence-electron chi connectivity index (χ4n) is 2.42. The molecule has 142 valence electrons. The van der Waals surface area contributed by atoms with Crippen LogP contribution in [-0.2, 0) is 16.1 Å². The molecule has 0 fully saturated rings. The van der Waals surface area contributed by atoms with Gasteiger partial charge in [0, 0.05) is 25.2 Å². The third-order valence-electron chi connectivity index (χ3n) is 4.02. The number of hydrogen-bond donors (Lipinski definition) is 1. The van der Waals surface area contributed by atoms with Crippen LogP contribution >= 0.6 is 0 Å². The van der Waals surface area contributed by atoms with E-state index in [1.807, 2.05) is 30.3 Å². The third-order valence-corrected chi connectivity index (χ3v) is 4.02. The molecule has 2 rings (SSSR count). The molecule has 6 heteroatoms. The van der Waals surface area contributed by atoms with Crippen molar-refractivity contribution < 1.29 is 19.1 Å². The second-order valence-electron chi connectivity index (χ2n) is 6.30. The summed E-state index contributed by atoms with van der Waals surface area (Å²) in [6.07, 6.45) is 0.413. The molecule has 0 heterocycles. The molecule has 2 aromatic carbocycles. The van der Waals surface area contributed by atoms with E-state index < -0.39 is 12.0 Å². The fraction of sp³-hybridized carbons (Fsp3) is 0.286. The summed E-state index contributed by atoms with van der Waals surface area (Å²) in [5, 5.41) is 2.68. The summed E-state index contributed by atoms with van der Waals surface area (Å²) < 4.78 is 5.29. The van der Waals surface area contributed by atoms with Gasteiger partial charge in [0.1, 0.15) is 12.6 Å². The van der Waals surface area contributed by atoms with Crippen LogP contribution in [0.4, 0.5) is 0 Å². The van der Waals surface area contributed by atoms with E-state index in [4.69, 9.17) is 4.74 Å². The fourth-order valence-corrected chi connectivity index (χ4v) is 2.42. The van der Waals surface area contributed by atoms with E-state index in [1.165, 1.54) is 4.90 Å². The number of rotatable bonds is 7. The van der Waals surface area contributed by atoms with Gasteiger partial charge < -0.3 is 15.0 Å². The molecule has 0 radical (unpaired) electrons. The van der Waals surface area contributed by atoms with E-state index in [0.29, 0.717) is 17.5 Å². The number of nitrogens with zero attached hydrogens (tertiary/aromatic N) is 1. The number of amides is 2. The Kier molecular flexibility index (Phi) is 7.11. The molecule has 0 saturated carbocycles. The van der Waals surface area contributed by atoms with Gasteiger partial charge in [-0.25, -0.2) is 4.79 Å². The van der Waals surface area contributed by atoms with Crippen molar-refractivity contribution in [3.63, 3.8) is 0 Å². The lowest BCUT2D eigenvalue weighted by Gasteiger charge is -2.16. The van der Waals surface area contributed by atoms with Gasteiger partial charge in [-0.1, -0.05) is 37.3 Å². The zero-order chi connectivity index (χ0) is 19.8. The van der Waals surface area contributed by atoms with E-state index in [2.05, 4.69) is 5.32 Å². The number of nitrogens with one attached hydrogen (secondary N) is 1. The van der Waals surface area contributed by atoms with Crippen molar-refractivity contribution in [1.29, 1.82) is 0 Å². The molecule has 27 heavy (non-hydrogen) atoms. The highest BCUT2D eigenvalue weighted by molar-refractivity contribution is 5.99. The van der Waals surface area contributed by atoms with Crippen molar-refractivity contribution in [2.24, 2.45) is 0 Å². The Balaban J connectivity index is 1.95. The highest BCUT2D eigenvalue weighted by Crippen LogP contribution is 2.08. The number of ether oxygens (including phenoxy) is 1. The molecule has 1 unspecified atom stereocenters. The van der Waals surface area contributed by atoms with Crippen LogP contribution in [-0.4, -0.2) is 42.8 Å². The maximum atomic E-state index is 12.4. The maximum Gasteiger partial charge on any atom is 0.328 e. The second kappa shape index (κ2) is 9.52. The van der Waals surface area contributed by atoms with Crippen molar-refractivity contribution >= 4 is 17.8 Å². The summed E-state index contributed by atoms with van der Waals surface area (Å²) in [4.78, 5) is 38.0. The van der Waals surface area contributed by atoms with E-state index >= 15 is 0 Å². The maximum absolute atomic E-state index is 12.4. The van der Waals surface area contributed by atoms with Crippen LogP contribution in [0.5, 0.6) is 0 Å². The average molecular weight is 368 g/mol. The van der Waals surface area contributed by atoms with Crippen LogP contribution in [0.15, 0.2) is 54.6 Å². The first-order chi connectivity index (χ1) is 12.9. The first kappa shape index (κ1) is 20.2. The average Bonchev–Trinajstić information content (AvgIpc) is 2.70. The van der Waals surface area contributed by atoms with Crippen LogP contribution in [0.1, 0.15) is 39.6 Å². The van der Waals surface area contributed by atoms with Crippen LogP contribution in [0.2, 0.25) is 0 Å². The van der Waals surface area contributed by atoms with Gasteiger partial charge in [0.05, 0.1) is 0 Å². The van der Waals surface area contributed by atoms with Crippen molar-refractivity contribution in [2.75, 3.05) is 14.1 Å². The lowest BCUT2D eigenvalue weighted by atomic mass is 10.1. The topological polar surface area (TPSA) is 75.7 Å². The van der Waals surface area contributed by atoms with Crippen molar-refractivity contribution in [3.05, 3.63) is 71.3 Å². The second-order valence-corrected chi connectivity index (χ2v) is 6.30. The Bertz CT molecular complexity index is 786. The number of carbonyl (C=O) groups is 3. The Morgan fingerprint density at radius 1 is 0.963 bits per heavy atom. The number of benzene rings is 2. The van der Waals surface area contributed by atoms with Gasteiger partial charge in [-0.15, -0.1) is 0 Å². The zero-order valence-corrected chi connectivity index (χ0v) is 15.8. The van der Waals surface area contributed by atoms with Gasteiger partial charge in [0.25, 0.3) is 11.8 Å². The third kappa shape index (κ3) is 5.67. The molecular formula is C21H24N2O4. The molecule has 0 saturated heterocycles. The van der Waals surface area contributed by atoms with Crippen LogP contribution < -0.4 is 5.32 Å². The molecule has 0 aliphatic heterocycles. The van der Waals surface area contributed by atoms with Gasteiger partial charge in [0.2, 0.25) is 0 Å². The highest BCUT2D eigenvalue weighted by atomic mass is 16.5. The number of esters is 1. The zero-order valence-electron chi connectivity index (χ0n) is 15.8. The summed E-state index contributed by atoms with van der Waals surface area (Å²) in [5.74, 6) is -1.01. The summed E-state index contributed by atoms with van der Waals surface area (Å²) in [6.45, 7) is 1.96. The van der Waals surface area contributed by atoms with Gasteiger partial charge in [-0.2, -0.15) is 0 Å². The summed E-state index contributed by atoms with van der Waals surface area (Å²) >= 11 is 0. The van der Waals surface area contributed by atoms with Crippen LogP contribution in [0.25, 0.3) is 0 Å². The predicted molar refractivity (Wildman–Crippen MR) is 102 cm³/mol. The molecule has 0 aliphatic rings. The van der Waals surface area contributed by atoms with E-state index in [0.717, 1.165) is 5.56 Å². The van der Waals surface area contributed by atoms with Crippen LogP contribution in [0, 0.1) is 0 Å². The molecule has 0 aliphatic carbocycles. The van der Waals surface area contributed by atoms with Gasteiger partial charge in [-0.05, 0) is 36.2 Å². The lowest BCUT2D eigenvalue weighted by Crippen LogP contribution is -2.41. The monoisotopic (exact) mass is 368 g/mol. The van der Waals surface area contributed by atoms with E-state index in [9.17, 15) is 14.4 Å². The molecule has 0 aromatic heterocycles. The summed E-state index contributed by atoms with van der Waals surface area (Å²) in [7, 11) is 3.33. The Labute approximate surface area is 159 Å². The molecule has 6 nitrogen and oxygen atoms in total. The van der Waals surface area contributed by atoms with Crippen LogP contribution in [0.3, 0.4) is 0 Å². The van der Waals surface area contributed by atoms with E-state index in [1.54, 1.807) is 45.3 Å². The quantitative estimate of drug-likeness (QED) is 0.763. The molecular weight excluding hydrogens is 344 g/mol. The van der Waals surface area contributed by atoms with Gasteiger partial charge in [0.15, 0.2) is 0 Å². The Morgan fingerprint density at radius 3 is 2.11 bits per heavy atom. The largest absolute Gasteiger partial charge is 0.459 e.